The molecule has 0 saturated carbocycles. The minimum Gasteiger partial charge on any atom is -0.325 e. The molecule has 0 saturated heterocycles. The van der Waals surface area contributed by atoms with Crippen LogP contribution in [0.5, 0.6) is 0 Å². The Morgan fingerprint density at radius 2 is 1.79 bits per heavy atom. The van der Waals surface area contributed by atoms with Crippen LogP contribution in [0.4, 0.5) is 0 Å². The van der Waals surface area contributed by atoms with Crippen LogP contribution in [0.15, 0.2) is 42.7 Å². The van der Waals surface area contributed by atoms with Crippen LogP contribution in [0.3, 0.4) is 0 Å². The quantitative estimate of drug-likeness (QED) is 0.858. The Bertz CT molecular complexity index is 499. The first-order valence-electron chi connectivity index (χ1n) is 6.58. The van der Waals surface area contributed by atoms with E-state index in [9.17, 15) is 0 Å². The van der Waals surface area contributed by atoms with Gasteiger partial charge in [0, 0.05) is 32.0 Å². The van der Waals surface area contributed by atoms with Crippen LogP contribution < -0.4 is 5.73 Å². The predicted molar refractivity (Wildman–Crippen MR) is 76.2 cm³/mol. The van der Waals surface area contributed by atoms with E-state index in [4.69, 9.17) is 5.73 Å². The van der Waals surface area contributed by atoms with Gasteiger partial charge in [0.2, 0.25) is 0 Å². The highest BCUT2D eigenvalue weighted by Gasteiger charge is 2.06. The van der Waals surface area contributed by atoms with Crippen LogP contribution in [0, 0.1) is 0 Å². The van der Waals surface area contributed by atoms with Crippen molar-refractivity contribution in [2.24, 2.45) is 5.73 Å². The molecule has 0 aliphatic heterocycles. The van der Waals surface area contributed by atoms with Gasteiger partial charge in [-0.15, -0.1) is 0 Å². The van der Waals surface area contributed by atoms with E-state index in [1.54, 1.807) is 0 Å². The Hall–Kier alpha value is -1.78. The largest absolute Gasteiger partial charge is 0.325 e. The lowest BCUT2D eigenvalue weighted by Crippen LogP contribution is -2.23. The van der Waals surface area contributed by atoms with Gasteiger partial charge in [0.05, 0.1) is 11.4 Å². The molecule has 0 unspecified atom stereocenters. The normalized spacial score (nSPS) is 10.9. The molecule has 0 amide bonds. The van der Waals surface area contributed by atoms with Gasteiger partial charge in [0.15, 0.2) is 0 Å². The third kappa shape index (κ3) is 4.12. The first-order chi connectivity index (χ1) is 9.31. The van der Waals surface area contributed by atoms with Crippen molar-refractivity contribution in [3.8, 4) is 0 Å². The zero-order chi connectivity index (χ0) is 13.5. The van der Waals surface area contributed by atoms with E-state index in [0.29, 0.717) is 6.54 Å². The van der Waals surface area contributed by atoms with Gasteiger partial charge in [-0.05, 0) is 36.4 Å². The van der Waals surface area contributed by atoms with Gasteiger partial charge in [-0.3, -0.25) is 14.9 Å². The van der Waals surface area contributed by atoms with Crippen molar-refractivity contribution in [1.29, 1.82) is 0 Å². The lowest BCUT2D eigenvalue weighted by molar-refractivity contribution is 0.268. The molecule has 4 nitrogen and oxygen atoms in total. The molecule has 0 bridgehead atoms. The van der Waals surface area contributed by atoms with Crippen molar-refractivity contribution in [3.05, 3.63) is 59.7 Å². The monoisotopic (exact) mass is 256 g/mol. The zero-order valence-corrected chi connectivity index (χ0v) is 11.3. The molecule has 0 aliphatic rings. The Morgan fingerprint density at radius 3 is 2.47 bits per heavy atom. The Kier molecular flexibility index (Phi) is 5.01. The first kappa shape index (κ1) is 13.6. The SMILES string of the molecule is CCN(Cc1ccncc1)Cc1cccc(CN)n1. The summed E-state index contributed by atoms with van der Waals surface area (Å²) >= 11 is 0. The summed E-state index contributed by atoms with van der Waals surface area (Å²) in [4.78, 5) is 10.9. The van der Waals surface area contributed by atoms with Gasteiger partial charge >= 0.3 is 0 Å². The van der Waals surface area contributed by atoms with E-state index >= 15 is 0 Å². The Balaban J connectivity index is 2.02. The summed E-state index contributed by atoms with van der Waals surface area (Å²) in [5.74, 6) is 0. The summed E-state index contributed by atoms with van der Waals surface area (Å²) < 4.78 is 0. The lowest BCUT2D eigenvalue weighted by Gasteiger charge is -2.20. The van der Waals surface area contributed by atoms with Gasteiger partial charge in [0.1, 0.15) is 0 Å². The number of nitrogens with zero attached hydrogens (tertiary/aromatic N) is 3. The second-order valence-electron chi connectivity index (χ2n) is 4.48. The molecule has 0 radical (unpaired) electrons. The molecular weight excluding hydrogens is 236 g/mol. The molecule has 2 heterocycles. The minimum atomic E-state index is 0.490. The molecule has 0 aliphatic carbocycles. The zero-order valence-electron chi connectivity index (χ0n) is 11.3. The van der Waals surface area contributed by atoms with Crippen molar-refractivity contribution in [3.63, 3.8) is 0 Å². The van der Waals surface area contributed by atoms with Crippen LogP contribution in [0.1, 0.15) is 23.9 Å². The lowest BCUT2D eigenvalue weighted by atomic mass is 10.2. The smallest absolute Gasteiger partial charge is 0.0547 e. The standard InChI is InChI=1S/C15H20N4/c1-2-19(11-13-6-8-17-9-7-13)12-15-5-3-4-14(10-16)18-15/h3-9H,2,10-12,16H2,1H3. The molecule has 2 N–H and O–H groups in total. The highest BCUT2D eigenvalue weighted by atomic mass is 15.1. The molecule has 0 aromatic carbocycles. The summed E-state index contributed by atoms with van der Waals surface area (Å²) in [5.41, 5.74) is 8.90. The molecule has 100 valence electrons. The molecule has 2 aromatic heterocycles. The maximum Gasteiger partial charge on any atom is 0.0547 e. The topological polar surface area (TPSA) is 55.0 Å². The van der Waals surface area contributed by atoms with E-state index in [0.717, 1.165) is 31.0 Å². The van der Waals surface area contributed by atoms with Gasteiger partial charge in [-0.25, -0.2) is 0 Å². The van der Waals surface area contributed by atoms with E-state index < -0.39 is 0 Å². The fourth-order valence-corrected chi connectivity index (χ4v) is 1.99. The number of hydrogen-bond donors (Lipinski definition) is 1. The van der Waals surface area contributed by atoms with Crippen LogP contribution in [0.2, 0.25) is 0 Å². The first-order valence-corrected chi connectivity index (χ1v) is 6.58. The van der Waals surface area contributed by atoms with Crippen LogP contribution in [0.25, 0.3) is 0 Å². The van der Waals surface area contributed by atoms with E-state index in [1.807, 2.05) is 42.7 Å². The van der Waals surface area contributed by atoms with Crippen LogP contribution in [-0.2, 0) is 19.6 Å². The molecular formula is C15H20N4. The molecule has 0 spiro atoms. The Morgan fingerprint density at radius 1 is 1.05 bits per heavy atom. The number of pyridine rings is 2. The fourth-order valence-electron chi connectivity index (χ4n) is 1.99. The Labute approximate surface area is 114 Å². The van der Waals surface area contributed by atoms with Crippen LogP contribution in [-0.4, -0.2) is 21.4 Å². The molecule has 19 heavy (non-hydrogen) atoms. The van der Waals surface area contributed by atoms with E-state index in [-0.39, 0.29) is 0 Å². The third-order valence-electron chi connectivity index (χ3n) is 3.06. The van der Waals surface area contributed by atoms with Gasteiger partial charge in [-0.2, -0.15) is 0 Å². The number of aromatic nitrogens is 2. The van der Waals surface area contributed by atoms with Crippen molar-refractivity contribution in [2.75, 3.05) is 6.54 Å². The highest BCUT2D eigenvalue weighted by molar-refractivity contribution is 5.12. The number of hydrogen-bond acceptors (Lipinski definition) is 4. The summed E-state index contributed by atoms with van der Waals surface area (Å²) in [7, 11) is 0. The van der Waals surface area contributed by atoms with E-state index in [2.05, 4.69) is 21.8 Å². The van der Waals surface area contributed by atoms with Crippen molar-refractivity contribution in [2.45, 2.75) is 26.6 Å². The number of nitrogens with two attached hydrogens (primary N) is 1. The van der Waals surface area contributed by atoms with E-state index in [1.165, 1.54) is 5.56 Å². The van der Waals surface area contributed by atoms with Crippen molar-refractivity contribution < 1.29 is 0 Å². The highest BCUT2D eigenvalue weighted by Crippen LogP contribution is 2.08. The second kappa shape index (κ2) is 6.97. The average Bonchev–Trinajstić information content (AvgIpc) is 2.48. The van der Waals surface area contributed by atoms with Gasteiger partial charge < -0.3 is 5.73 Å². The molecule has 2 rings (SSSR count). The van der Waals surface area contributed by atoms with Crippen LogP contribution >= 0.6 is 0 Å². The van der Waals surface area contributed by atoms with Gasteiger partial charge in [0.25, 0.3) is 0 Å². The predicted octanol–water partition coefficient (Wildman–Crippen LogP) is 1.96. The summed E-state index contributed by atoms with van der Waals surface area (Å²) in [6.45, 7) is 5.38. The molecule has 0 fully saturated rings. The molecule has 0 atom stereocenters. The summed E-state index contributed by atoms with van der Waals surface area (Å²) in [5, 5.41) is 0. The maximum absolute atomic E-state index is 5.62. The molecule has 2 aromatic rings. The molecule has 4 heteroatoms. The maximum atomic E-state index is 5.62. The number of rotatable bonds is 6. The van der Waals surface area contributed by atoms with Gasteiger partial charge in [-0.1, -0.05) is 13.0 Å². The third-order valence-corrected chi connectivity index (χ3v) is 3.06. The average molecular weight is 256 g/mol. The summed E-state index contributed by atoms with van der Waals surface area (Å²) in [6, 6.07) is 10.1. The second-order valence-corrected chi connectivity index (χ2v) is 4.48. The van der Waals surface area contributed by atoms with Crippen molar-refractivity contribution >= 4 is 0 Å². The summed E-state index contributed by atoms with van der Waals surface area (Å²) in [6.07, 6.45) is 3.66. The fraction of sp³-hybridized carbons (Fsp3) is 0.333. The van der Waals surface area contributed by atoms with Crippen molar-refractivity contribution in [1.82, 2.24) is 14.9 Å². The minimum absolute atomic E-state index is 0.490.